The van der Waals surface area contributed by atoms with Crippen LogP contribution in [0.5, 0.6) is 0 Å². The van der Waals surface area contributed by atoms with Crippen molar-refractivity contribution in [3.8, 4) is 0 Å². The predicted octanol–water partition coefficient (Wildman–Crippen LogP) is 3.24. The molecule has 8 heteroatoms. The molecule has 3 saturated heterocycles. The Labute approximate surface area is 165 Å². The van der Waals surface area contributed by atoms with E-state index in [-0.39, 0.29) is 11.7 Å². The number of benzene rings is 2. The summed E-state index contributed by atoms with van der Waals surface area (Å²) < 4.78 is 39.4. The Balaban J connectivity index is 1.57. The van der Waals surface area contributed by atoms with Crippen molar-refractivity contribution in [1.82, 2.24) is 10.0 Å². The monoisotopic (exact) mass is 401 g/mol. The second-order valence-corrected chi connectivity index (χ2v) is 7.57. The largest absolute Gasteiger partial charge is 0.416 e. The molecule has 3 heterocycles. The number of hydrogen-bond acceptors (Lipinski definition) is 4. The van der Waals surface area contributed by atoms with E-state index in [1.54, 1.807) is 0 Å². The Kier molecular flexibility index (Phi) is 4.04. The molecule has 0 spiro atoms. The molecule has 2 aromatic carbocycles. The fourth-order valence-corrected chi connectivity index (χ4v) is 4.84. The lowest BCUT2D eigenvalue weighted by atomic mass is 9.90. The number of carbonyl (C=O) groups excluding carboxylic acids is 2. The summed E-state index contributed by atoms with van der Waals surface area (Å²) in [5.41, 5.74) is 0.0239. The summed E-state index contributed by atoms with van der Waals surface area (Å²) in [5, 5.41) is 4.00. The molecule has 3 atom stereocenters. The summed E-state index contributed by atoms with van der Waals surface area (Å²) >= 11 is 0. The van der Waals surface area contributed by atoms with Gasteiger partial charge in [-0.15, -0.1) is 0 Å². The molecule has 3 unspecified atom stereocenters. The maximum atomic E-state index is 13.3. The van der Waals surface area contributed by atoms with E-state index in [1.807, 2.05) is 35.3 Å². The minimum absolute atomic E-state index is 0.0261. The first kappa shape index (κ1) is 18.3. The fraction of sp³-hybridized carbons (Fsp3) is 0.333. The van der Waals surface area contributed by atoms with Gasteiger partial charge in [0.15, 0.2) is 0 Å². The highest BCUT2D eigenvalue weighted by Gasteiger charge is 2.62. The van der Waals surface area contributed by atoms with E-state index in [0.29, 0.717) is 6.54 Å². The normalized spacial score (nSPS) is 27.6. The zero-order valence-electron chi connectivity index (χ0n) is 15.3. The molecular formula is C21H18F3N3O2. The molecule has 3 aliphatic heterocycles. The van der Waals surface area contributed by atoms with Crippen molar-refractivity contribution in [3.63, 3.8) is 0 Å². The van der Waals surface area contributed by atoms with Crippen LogP contribution in [0.2, 0.25) is 0 Å². The second-order valence-electron chi connectivity index (χ2n) is 7.57. The van der Waals surface area contributed by atoms with Crippen molar-refractivity contribution in [2.24, 2.45) is 5.92 Å². The van der Waals surface area contributed by atoms with Gasteiger partial charge in [0.05, 0.1) is 23.2 Å². The molecule has 0 saturated carbocycles. The number of carbonyl (C=O) groups is 2. The number of halogens is 3. The minimum atomic E-state index is -4.55. The number of fused-ring (bicyclic) bond motifs is 3. The molecule has 150 valence electrons. The third-order valence-corrected chi connectivity index (χ3v) is 5.98. The summed E-state index contributed by atoms with van der Waals surface area (Å²) in [6.45, 7) is 1.40. The van der Waals surface area contributed by atoms with E-state index in [9.17, 15) is 22.8 Å². The summed E-state index contributed by atoms with van der Waals surface area (Å²) in [5.74, 6) is -1.54. The average Bonchev–Trinajstić information content (AvgIpc) is 3.34. The van der Waals surface area contributed by atoms with Crippen molar-refractivity contribution >= 4 is 17.5 Å². The Morgan fingerprint density at radius 3 is 2.21 bits per heavy atom. The minimum Gasteiger partial charge on any atom is -0.274 e. The molecule has 0 radical (unpaired) electrons. The zero-order valence-corrected chi connectivity index (χ0v) is 15.3. The van der Waals surface area contributed by atoms with Crippen LogP contribution in [0.15, 0.2) is 54.6 Å². The molecular weight excluding hydrogens is 383 g/mol. The van der Waals surface area contributed by atoms with Crippen molar-refractivity contribution in [2.75, 3.05) is 18.0 Å². The van der Waals surface area contributed by atoms with Gasteiger partial charge in [-0.3, -0.25) is 9.59 Å². The molecule has 0 aromatic heterocycles. The van der Waals surface area contributed by atoms with Crippen LogP contribution in [-0.4, -0.2) is 41.0 Å². The van der Waals surface area contributed by atoms with Crippen molar-refractivity contribution in [2.45, 2.75) is 24.7 Å². The standard InChI is InChI=1S/C21H18F3N3O2/c22-21(23,24)14-8-4-9-15(12-14)27-19(28)16-17(13-6-2-1-3-7-13)25-10-5-11-26(25)18(16)20(27)29/h1-4,6-9,12,16-18H,5,10-11H2. The van der Waals surface area contributed by atoms with Gasteiger partial charge in [-0.2, -0.15) is 13.2 Å². The number of alkyl halides is 3. The van der Waals surface area contributed by atoms with Crippen LogP contribution in [-0.2, 0) is 15.8 Å². The van der Waals surface area contributed by atoms with E-state index in [2.05, 4.69) is 5.01 Å². The first-order chi connectivity index (χ1) is 13.9. The molecule has 3 aliphatic rings. The Hall–Kier alpha value is -2.71. The van der Waals surface area contributed by atoms with Crippen LogP contribution in [0.25, 0.3) is 0 Å². The topological polar surface area (TPSA) is 43.9 Å². The number of amides is 2. The highest BCUT2D eigenvalue weighted by atomic mass is 19.4. The lowest BCUT2D eigenvalue weighted by molar-refractivity contribution is -0.137. The number of imide groups is 1. The predicted molar refractivity (Wildman–Crippen MR) is 98.4 cm³/mol. The molecule has 29 heavy (non-hydrogen) atoms. The lowest BCUT2D eigenvalue weighted by Gasteiger charge is -2.29. The smallest absolute Gasteiger partial charge is 0.274 e. The maximum Gasteiger partial charge on any atom is 0.416 e. The van der Waals surface area contributed by atoms with Crippen molar-refractivity contribution < 1.29 is 22.8 Å². The summed E-state index contributed by atoms with van der Waals surface area (Å²) in [4.78, 5) is 27.5. The lowest BCUT2D eigenvalue weighted by Crippen LogP contribution is -2.44. The van der Waals surface area contributed by atoms with Gasteiger partial charge in [0.2, 0.25) is 5.91 Å². The Morgan fingerprint density at radius 2 is 1.52 bits per heavy atom. The van der Waals surface area contributed by atoms with Gasteiger partial charge in [-0.25, -0.2) is 14.9 Å². The SMILES string of the molecule is O=C1C2C(C(=O)N1c1cccc(C(F)(F)F)c1)N1CCCN1C2c1ccccc1. The molecule has 2 amide bonds. The number of hydrazine groups is 1. The highest BCUT2D eigenvalue weighted by Crippen LogP contribution is 2.49. The highest BCUT2D eigenvalue weighted by molar-refractivity contribution is 6.24. The van der Waals surface area contributed by atoms with Gasteiger partial charge in [0.25, 0.3) is 5.91 Å². The quantitative estimate of drug-likeness (QED) is 0.725. The van der Waals surface area contributed by atoms with Gasteiger partial charge in [0.1, 0.15) is 6.04 Å². The van der Waals surface area contributed by atoms with Gasteiger partial charge in [0, 0.05) is 13.1 Å². The molecule has 0 N–H and O–H groups in total. The number of rotatable bonds is 2. The average molecular weight is 401 g/mol. The zero-order chi connectivity index (χ0) is 20.3. The van der Waals surface area contributed by atoms with Crippen molar-refractivity contribution in [1.29, 1.82) is 0 Å². The van der Waals surface area contributed by atoms with E-state index in [1.165, 1.54) is 12.1 Å². The molecule has 5 nitrogen and oxygen atoms in total. The third-order valence-electron chi connectivity index (χ3n) is 5.98. The number of hydrogen-bond donors (Lipinski definition) is 0. The summed E-state index contributed by atoms with van der Waals surface area (Å²) in [7, 11) is 0. The first-order valence-electron chi connectivity index (χ1n) is 9.51. The molecule has 0 bridgehead atoms. The van der Waals surface area contributed by atoms with E-state index < -0.39 is 35.5 Å². The third kappa shape index (κ3) is 2.70. The van der Waals surface area contributed by atoms with Crippen LogP contribution in [0.3, 0.4) is 0 Å². The Bertz CT molecular complexity index is 979. The number of anilines is 1. The van der Waals surface area contributed by atoms with E-state index >= 15 is 0 Å². The van der Waals surface area contributed by atoms with E-state index in [4.69, 9.17) is 0 Å². The fourth-order valence-electron chi connectivity index (χ4n) is 4.84. The molecule has 3 fully saturated rings. The summed E-state index contributed by atoms with van der Waals surface area (Å²) in [6.07, 6.45) is -3.67. The van der Waals surface area contributed by atoms with E-state index in [0.717, 1.165) is 35.6 Å². The molecule has 0 aliphatic carbocycles. The Morgan fingerprint density at radius 1 is 0.828 bits per heavy atom. The van der Waals surface area contributed by atoms with Gasteiger partial charge >= 0.3 is 6.18 Å². The van der Waals surface area contributed by atoms with Crippen LogP contribution < -0.4 is 4.90 Å². The summed E-state index contributed by atoms with van der Waals surface area (Å²) in [6, 6.07) is 12.9. The van der Waals surface area contributed by atoms with Gasteiger partial charge < -0.3 is 0 Å². The number of nitrogens with zero attached hydrogens (tertiary/aromatic N) is 3. The van der Waals surface area contributed by atoms with Crippen LogP contribution in [0.4, 0.5) is 18.9 Å². The van der Waals surface area contributed by atoms with Crippen LogP contribution in [0.1, 0.15) is 23.6 Å². The van der Waals surface area contributed by atoms with Crippen LogP contribution >= 0.6 is 0 Å². The van der Waals surface area contributed by atoms with Gasteiger partial charge in [-0.1, -0.05) is 36.4 Å². The molecule has 2 aromatic rings. The maximum absolute atomic E-state index is 13.3. The van der Waals surface area contributed by atoms with Gasteiger partial charge in [-0.05, 0) is 30.2 Å². The molecule has 5 rings (SSSR count). The van der Waals surface area contributed by atoms with Crippen LogP contribution in [0, 0.1) is 5.92 Å². The second kappa shape index (κ2) is 6.40. The van der Waals surface area contributed by atoms with Crippen molar-refractivity contribution in [3.05, 3.63) is 65.7 Å². The first-order valence-corrected chi connectivity index (χ1v) is 9.51.